The van der Waals surface area contributed by atoms with Crippen molar-refractivity contribution in [2.24, 2.45) is 0 Å². The van der Waals surface area contributed by atoms with Gasteiger partial charge in [-0.25, -0.2) is 8.42 Å². The molecule has 1 rings (SSSR count). The Kier molecular flexibility index (Phi) is 2.66. The van der Waals surface area contributed by atoms with Crippen LogP contribution in [0.1, 0.15) is 5.56 Å². The van der Waals surface area contributed by atoms with Crippen LogP contribution >= 0.6 is 0 Å². The van der Waals surface area contributed by atoms with Crippen LogP contribution in [0.2, 0.25) is 0 Å². The van der Waals surface area contributed by atoms with Crippen molar-refractivity contribution in [2.75, 3.05) is 4.72 Å². The summed E-state index contributed by atoms with van der Waals surface area (Å²) in [5.41, 5.74) is 0.835. The van der Waals surface area contributed by atoms with E-state index in [-0.39, 0.29) is 0 Å². The van der Waals surface area contributed by atoms with E-state index in [0.29, 0.717) is 11.3 Å². The van der Waals surface area contributed by atoms with Crippen molar-refractivity contribution >= 4 is 16.6 Å². The third-order valence-corrected chi connectivity index (χ3v) is 1.65. The number of thiol groups is 1. The number of anilines is 1. The summed E-state index contributed by atoms with van der Waals surface area (Å²) >= 11 is 0. The highest BCUT2D eigenvalue weighted by Gasteiger charge is 1.93. The summed E-state index contributed by atoms with van der Waals surface area (Å²) in [5, 5.41) is 8.47. The first-order valence-electron chi connectivity index (χ1n) is 3.13. The fourth-order valence-electron chi connectivity index (χ4n) is 0.764. The maximum Gasteiger partial charge on any atom is 0.222 e. The maximum atomic E-state index is 10.2. The van der Waals surface area contributed by atoms with E-state index < -0.39 is 10.9 Å². The van der Waals surface area contributed by atoms with Crippen molar-refractivity contribution in [3.05, 3.63) is 29.8 Å². The smallest absolute Gasteiger partial charge is 0.222 e. The molecule has 0 radical (unpaired) electrons. The Morgan fingerprint density at radius 2 is 2.17 bits per heavy atom. The largest absolute Gasteiger partial charge is 0.286 e. The van der Waals surface area contributed by atoms with Gasteiger partial charge in [0.15, 0.2) is 0 Å². The van der Waals surface area contributed by atoms with Crippen molar-refractivity contribution in [3.63, 3.8) is 0 Å². The van der Waals surface area contributed by atoms with Crippen LogP contribution in [0.4, 0.5) is 5.69 Å². The molecule has 0 aromatic heterocycles. The van der Waals surface area contributed by atoms with Crippen molar-refractivity contribution in [1.29, 1.82) is 5.26 Å². The molecule has 0 fully saturated rings. The highest BCUT2D eigenvalue weighted by molar-refractivity contribution is 7.73. The van der Waals surface area contributed by atoms with Gasteiger partial charge in [0, 0.05) is 5.69 Å². The molecule has 62 valence electrons. The quantitative estimate of drug-likeness (QED) is 0.654. The van der Waals surface area contributed by atoms with Gasteiger partial charge in [0.2, 0.25) is 10.9 Å². The van der Waals surface area contributed by atoms with E-state index in [1.54, 1.807) is 18.2 Å². The first kappa shape index (κ1) is 8.56. The highest BCUT2D eigenvalue weighted by Crippen LogP contribution is 2.08. The first-order chi connectivity index (χ1) is 5.72. The van der Waals surface area contributed by atoms with Crippen molar-refractivity contribution < 1.29 is 8.42 Å². The number of nitrogens with zero attached hydrogens (tertiary/aromatic N) is 1. The Labute approximate surface area is 71.5 Å². The average Bonchev–Trinajstić information content (AvgIpc) is 2.03. The van der Waals surface area contributed by atoms with Gasteiger partial charge in [-0.05, 0) is 18.2 Å². The molecule has 0 aliphatic carbocycles. The molecule has 0 aliphatic heterocycles. The molecular weight excluding hydrogens is 176 g/mol. The minimum absolute atomic E-state index is 0.408. The van der Waals surface area contributed by atoms with Gasteiger partial charge in [-0.15, -0.1) is 0 Å². The van der Waals surface area contributed by atoms with Crippen LogP contribution in [0.5, 0.6) is 0 Å². The topological polar surface area (TPSA) is 70.0 Å². The second kappa shape index (κ2) is 3.74. The Morgan fingerprint density at radius 1 is 1.42 bits per heavy atom. The fourth-order valence-corrected chi connectivity index (χ4v) is 1.11. The normalized spacial score (nSPS) is 9.33. The summed E-state index contributed by atoms with van der Waals surface area (Å²) in [6, 6.07) is 8.15. The van der Waals surface area contributed by atoms with Gasteiger partial charge in [0.25, 0.3) is 0 Å². The fraction of sp³-hybridized carbons (Fsp3) is 0. The van der Waals surface area contributed by atoms with E-state index >= 15 is 0 Å². The van der Waals surface area contributed by atoms with E-state index in [1.807, 2.05) is 6.07 Å². The van der Waals surface area contributed by atoms with Gasteiger partial charge >= 0.3 is 0 Å². The van der Waals surface area contributed by atoms with E-state index in [2.05, 4.69) is 4.72 Å². The number of rotatable bonds is 2. The van der Waals surface area contributed by atoms with E-state index in [0.717, 1.165) is 0 Å². The van der Waals surface area contributed by atoms with Crippen LogP contribution in [-0.4, -0.2) is 8.42 Å². The molecule has 0 saturated carbocycles. The lowest BCUT2D eigenvalue weighted by atomic mass is 10.2. The molecule has 0 saturated heterocycles. The molecule has 0 atom stereocenters. The summed E-state index contributed by atoms with van der Waals surface area (Å²) in [4.78, 5) is 0. The number of nitrogens with one attached hydrogen (secondary N) is 1. The van der Waals surface area contributed by atoms with Gasteiger partial charge in [0.05, 0.1) is 11.6 Å². The van der Waals surface area contributed by atoms with Crippen LogP contribution in [0.25, 0.3) is 0 Å². The zero-order valence-corrected chi connectivity index (χ0v) is 6.91. The summed E-state index contributed by atoms with van der Waals surface area (Å²) in [6.45, 7) is 0. The Balaban J connectivity index is 2.96. The van der Waals surface area contributed by atoms with Crippen molar-refractivity contribution in [1.82, 2.24) is 0 Å². The van der Waals surface area contributed by atoms with Gasteiger partial charge < -0.3 is 0 Å². The van der Waals surface area contributed by atoms with Gasteiger partial charge in [0.1, 0.15) is 0 Å². The molecule has 0 unspecified atom stereocenters. The summed E-state index contributed by atoms with van der Waals surface area (Å²) in [5.74, 6) is 0. The Bertz CT molecular complexity index is 385. The summed E-state index contributed by atoms with van der Waals surface area (Å²) < 4.78 is 22.6. The Morgan fingerprint density at radius 3 is 2.75 bits per heavy atom. The lowest BCUT2D eigenvalue weighted by molar-refractivity contribution is 0.619. The first-order valence-corrected chi connectivity index (χ1v) is 4.31. The van der Waals surface area contributed by atoms with Crippen LogP contribution < -0.4 is 4.72 Å². The van der Waals surface area contributed by atoms with Crippen LogP contribution in [0, 0.1) is 11.3 Å². The monoisotopic (exact) mass is 182 g/mol. The van der Waals surface area contributed by atoms with Crippen molar-refractivity contribution in [3.8, 4) is 6.07 Å². The zero-order chi connectivity index (χ0) is 8.97. The lowest BCUT2D eigenvalue weighted by Gasteiger charge is -1.96. The van der Waals surface area contributed by atoms with Crippen LogP contribution in [0.15, 0.2) is 24.3 Å². The van der Waals surface area contributed by atoms with Gasteiger partial charge in [-0.1, -0.05) is 6.07 Å². The average molecular weight is 182 g/mol. The minimum Gasteiger partial charge on any atom is -0.286 e. The molecule has 1 N–H and O–H groups in total. The number of hydrogen-bond acceptors (Lipinski definition) is 3. The number of nitriles is 1. The standard InChI is InChI=1S/C7H6N2O2S/c8-5-6-2-1-3-7(4-6)9-12(10)11/h1-4,12H,(H,9,10,11). The SMILES string of the molecule is N#Cc1cccc(N[SH](=O)=O)c1. The summed E-state index contributed by atoms with van der Waals surface area (Å²) in [7, 11) is -2.65. The highest BCUT2D eigenvalue weighted by atomic mass is 32.2. The number of benzene rings is 1. The molecule has 0 aliphatic rings. The van der Waals surface area contributed by atoms with Gasteiger partial charge in [-0.2, -0.15) is 5.26 Å². The van der Waals surface area contributed by atoms with E-state index in [9.17, 15) is 8.42 Å². The van der Waals surface area contributed by atoms with E-state index in [1.165, 1.54) is 6.07 Å². The molecular formula is C7H6N2O2S. The lowest BCUT2D eigenvalue weighted by Crippen LogP contribution is -1.94. The molecule has 1 aromatic rings. The zero-order valence-electron chi connectivity index (χ0n) is 6.02. The third-order valence-electron chi connectivity index (χ3n) is 1.21. The molecule has 0 heterocycles. The molecule has 1 aromatic carbocycles. The maximum absolute atomic E-state index is 10.2. The predicted octanol–water partition coefficient (Wildman–Crippen LogP) is 0.497. The third kappa shape index (κ3) is 2.25. The molecule has 4 nitrogen and oxygen atoms in total. The predicted molar refractivity (Wildman–Crippen MR) is 45.1 cm³/mol. The van der Waals surface area contributed by atoms with E-state index in [4.69, 9.17) is 5.26 Å². The van der Waals surface area contributed by atoms with Crippen molar-refractivity contribution in [2.45, 2.75) is 0 Å². The minimum atomic E-state index is -2.65. The molecule has 0 bridgehead atoms. The Hall–Kier alpha value is -1.54. The number of hydrogen-bond donors (Lipinski definition) is 2. The second-order valence-corrected chi connectivity index (χ2v) is 2.80. The van der Waals surface area contributed by atoms with Crippen LogP contribution in [-0.2, 0) is 10.9 Å². The van der Waals surface area contributed by atoms with Gasteiger partial charge in [-0.3, -0.25) is 4.72 Å². The second-order valence-electron chi connectivity index (χ2n) is 2.06. The molecule has 12 heavy (non-hydrogen) atoms. The summed E-state index contributed by atoms with van der Waals surface area (Å²) in [6.07, 6.45) is 0. The molecule has 0 spiro atoms. The molecule has 5 heteroatoms. The molecule has 0 amide bonds. The van der Waals surface area contributed by atoms with Crippen LogP contribution in [0.3, 0.4) is 0 Å².